The number of hydrogen-bond acceptors (Lipinski definition) is 6. The average molecular weight is 360 g/mol. The lowest BCUT2D eigenvalue weighted by molar-refractivity contribution is -0.123. The number of hydrogen-bond donors (Lipinski definition) is 2. The van der Waals surface area contributed by atoms with Gasteiger partial charge in [0.1, 0.15) is 5.58 Å². The quantitative estimate of drug-likeness (QED) is 0.760. The van der Waals surface area contributed by atoms with Gasteiger partial charge in [0.25, 0.3) is 5.91 Å². The summed E-state index contributed by atoms with van der Waals surface area (Å²) in [5.41, 5.74) is -0.159. The Morgan fingerprint density at radius 3 is 2.65 bits per heavy atom. The number of nitrogens with one attached hydrogen (secondary N) is 2. The van der Waals surface area contributed by atoms with Gasteiger partial charge in [-0.15, -0.1) is 0 Å². The van der Waals surface area contributed by atoms with Gasteiger partial charge in [-0.05, 0) is 24.5 Å². The highest BCUT2D eigenvalue weighted by molar-refractivity contribution is 5.96. The van der Waals surface area contributed by atoms with Crippen LogP contribution in [0.1, 0.15) is 30.8 Å². The maximum Gasteiger partial charge on any atom is 0.374 e. The molecule has 0 unspecified atom stereocenters. The van der Waals surface area contributed by atoms with Gasteiger partial charge in [-0.3, -0.25) is 14.9 Å². The van der Waals surface area contributed by atoms with Crippen LogP contribution in [-0.4, -0.2) is 31.1 Å². The first-order chi connectivity index (χ1) is 12.4. The number of rotatable bonds is 6. The molecule has 0 atom stereocenters. The number of carbonyl (C=O) groups is 3. The van der Waals surface area contributed by atoms with Gasteiger partial charge in [0, 0.05) is 12.6 Å². The van der Waals surface area contributed by atoms with Crippen molar-refractivity contribution in [1.29, 1.82) is 0 Å². The molecule has 1 heterocycles. The number of benzene rings is 1. The fourth-order valence-corrected chi connectivity index (χ4v) is 2.09. The van der Waals surface area contributed by atoms with E-state index in [-0.39, 0.29) is 11.3 Å². The summed E-state index contributed by atoms with van der Waals surface area (Å²) in [5.74, 6) is -1.65. The Morgan fingerprint density at radius 1 is 1.19 bits per heavy atom. The fraction of sp³-hybridized carbons (Fsp3) is 0.333. The van der Waals surface area contributed by atoms with Crippen LogP contribution in [0.15, 0.2) is 39.5 Å². The second-order valence-corrected chi connectivity index (χ2v) is 6.03. The van der Waals surface area contributed by atoms with Gasteiger partial charge >= 0.3 is 12.0 Å². The highest BCUT2D eigenvalue weighted by atomic mass is 16.5. The Balaban J connectivity index is 1.87. The van der Waals surface area contributed by atoms with Crippen LogP contribution >= 0.6 is 0 Å². The van der Waals surface area contributed by atoms with Crippen molar-refractivity contribution in [2.75, 3.05) is 13.2 Å². The Kier molecular flexibility index (Phi) is 6.48. The lowest BCUT2D eigenvalue weighted by atomic mass is 10.1. The van der Waals surface area contributed by atoms with Crippen molar-refractivity contribution < 1.29 is 23.5 Å². The van der Waals surface area contributed by atoms with E-state index in [0.717, 1.165) is 12.5 Å². The number of urea groups is 1. The van der Waals surface area contributed by atoms with Crippen LogP contribution in [0.4, 0.5) is 4.79 Å². The number of amides is 3. The molecule has 0 radical (unpaired) electrons. The van der Waals surface area contributed by atoms with Crippen molar-refractivity contribution in [3.63, 3.8) is 0 Å². The third kappa shape index (κ3) is 5.44. The molecule has 0 saturated carbocycles. The predicted molar refractivity (Wildman–Crippen MR) is 93.8 cm³/mol. The summed E-state index contributed by atoms with van der Waals surface area (Å²) in [6.45, 7) is 3.77. The third-order valence-corrected chi connectivity index (χ3v) is 3.43. The first kappa shape index (κ1) is 19.2. The number of imide groups is 1. The molecule has 0 aliphatic rings. The van der Waals surface area contributed by atoms with Gasteiger partial charge in [-0.2, -0.15) is 0 Å². The van der Waals surface area contributed by atoms with Crippen molar-refractivity contribution in [2.24, 2.45) is 5.92 Å². The summed E-state index contributed by atoms with van der Waals surface area (Å²) >= 11 is 0. The second kappa shape index (κ2) is 8.80. The molecule has 0 bridgehead atoms. The molecule has 2 aromatic rings. The van der Waals surface area contributed by atoms with E-state index in [1.54, 1.807) is 24.3 Å². The number of ether oxygens (including phenoxy) is 1. The van der Waals surface area contributed by atoms with Crippen LogP contribution in [0.5, 0.6) is 0 Å². The molecular formula is C18H20N2O6. The number of carbonyl (C=O) groups excluding carboxylic acids is 3. The number of esters is 1. The van der Waals surface area contributed by atoms with E-state index in [0.29, 0.717) is 17.8 Å². The van der Waals surface area contributed by atoms with E-state index in [1.807, 2.05) is 19.2 Å². The zero-order valence-corrected chi connectivity index (χ0v) is 14.5. The Bertz CT molecular complexity index is 871. The second-order valence-electron chi connectivity index (χ2n) is 6.03. The van der Waals surface area contributed by atoms with Crippen LogP contribution < -0.4 is 16.1 Å². The topological polar surface area (TPSA) is 115 Å². The largest absolute Gasteiger partial charge is 0.450 e. The van der Waals surface area contributed by atoms with Gasteiger partial charge in [0.2, 0.25) is 5.76 Å². The average Bonchev–Trinajstić information content (AvgIpc) is 2.59. The molecule has 2 rings (SSSR count). The summed E-state index contributed by atoms with van der Waals surface area (Å²) in [6, 6.07) is 6.79. The lowest BCUT2D eigenvalue weighted by Crippen LogP contribution is -2.42. The molecule has 0 aliphatic carbocycles. The van der Waals surface area contributed by atoms with Crippen molar-refractivity contribution in [2.45, 2.75) is 20.3 Å². The van der Waals surface area contributed by atoms with Crippen molar-refractivity contribution in [3.8, 4) is 0 Å². The molecule has 2 N–H and O–H groups in total. The van der Waals surface area contributed by atoms with E-state index in [1.165, 1.54) is 0 Å². The zero-order valence-electron chi connectivity index (χ0n) is 14.5. The van der Waals surface area contributed by atoms with Crippen molar-refractivity contribution in [1.82, 2.24) is 10.6 Å². The summed E-state index contributed by atoms with van der Waals surface area (Å²) < 4.78 is 10.1. The van der Waals surface area contributed by atoms with Crippen molar-refractivity contribution in [3.05, 3.63) is 46.3 Å². The molecule has 0 aliphatic heterocycles. The Labute approximate surface area is 149 Å². The zero-order chi connectivity index (χ0) is 19.1. The molecule has 26 heavy (non-hydrogen) atoms. The van der Waals surface area contributed by atoms with Crippen LogP contribution in [0.25, 0.3) is 11.0 Å². The summed E-state index contributed by atoms with van der Waals surface area (Å²) in [6.07, 6.45) is 0.775. The van der Waals surface area contributed by atoms with Crippen molar-refractivity contribution >= 4 is 28.9 Å². The van der Waals surface area contributed by atoms with Gasteiger partial charge in [-0.1, -0.05) is 26.0 Å². The molecule has 1 aromatic carbocycles. The highest BCUT2D eigenvalue weighted by Gasteiger charge is 2.16. The van der Waals surface area contributed by atoms with E-state index in [4.69, 9.17) is 9.15 Å². The third-order valence-electron chi connectivity index (χ3n) is 3.43. The molecule has 0 saturated heterocycles. The lowest BCUT2D eigenvalue weighted by Gasteiger charge is -2.08. The minimum absolute atomic E-state index is 0.237. The maximum absolute atomic E-state index is 11.9. The molecule has 0 fully saturated rings. The van der Waals surface area contributed by atoms with E-state index >= 15 is 0 Å². The summed E-state index contributed by atoms with van der Waals surface area (Å²) in [4.78, 5) is 47.0. The van der Waals surface area contributed by atoms with Crippen LogP contribution in [-0.2, 0) is 9.53 Å². The SMILES string of the molecule is CC(C)CCNC(=O)NC(=O)COC(=O)c1cc(=O)c2ccccc2o1. The van der Waals surface area contributed by atoms with Crippen LogP contribution in [0.3, 0.4) is 0 Å². The predicted octanol–water partition coefficient (Wildman–Crippen LogP) is 1.82. The minimum atomic E-state index is -0.969. The van der Waals surface area contributed by atoms with Crippen LogP contribution in [0.2, 0.25) is 0 Å². The smallest absolute Gasteiger partial charge is 0.374 e. The molecule has 8 heteroatoms. The molecule has 8 nitrogen and oxygen atoms in total. The van der Waals surface area contributed by atoms with Gasteiger partial charge in [0.15, 0.2) is 12.0 Å². The monoisotopic (exact) mass is 360 g/mol. The van der Waals surface area contributed by atoms with Gasteiger partial charge in [-0.25, -0.2) is 9.59 Å². The molecule has 3 amide bonds. The molecule has 1 aromatic heterocycles. The minimum Gasteiger partial charge on any atom is -0.450 e. The van der Waals surface area contributed by atoms with Crippen LogP contribution in [0, 0.1) is 5.92 Å². The highest BCUT2D eigenvalue weighted by Crippen LogP contribution is 2.12. The molecule has 0 spiro atoms. The molecular weight excluding hydrogens is 340 g/mol. The summed E-state index contributed by atoms with van der Waals surface area (Å²) in [5, 5.41) is 4.90. The Hall–Kier alpha value is -3.16. The summed E-state index contributed by atoms with van der Waals surface area (Å²) in [7, 11) is 0. The van der Waals surface area contributed by atoms with E-state index in [9.17, 15) is 19.2 Å². The standard InChI is InChI=1S/C18H20N2O6/c1-11(2)7-8-19-18(24)20-16(22)10-25-17(23)15-9-13(21)12-5-3-4-6-14(12)26-15/h3-6,9,11H,7-8,10H2,1-2H3,(H2,19,20,22,24). The van der Waals surface area contributed by atoms with Gasteiger partial charge < -0.3 is 14.5 Å². The number of fused-ring (bicyclic) bond motifs is 1. The van der Waals surface area contributed by atoms with E-state index in [2.05, 4.69) is 5.32 Å². The first-order valence-corrected chi connectivity index (χ1v) is 8.14. The fourth-order valence-electron chi connectivity index (χ4n) is 2.09. The normalized spacial score (nSPS) is 10.6. The Morgan fingerprint density at radius 2 is 1.92 bits per heavy atom. The first-order valence-electron chi connectivity index (χ1n) is 8.14. The maximum atomic E-state index is 11.9. The number of para-hydroxylation sites is 1. The van der Waals surface area contributed by atoms with Gasteiger partial charge in [0.05, 0.1) is 5.39 Å². The molecule has 138 valence electrons. The van der Waals surface area contributed by atoms with E-state index < -0.39 is 29.9 Å².